The second-order valence-electron chi connectivity index (χ2n) is 4.90. The van der Waals surface area contributed by atoms with Gasteiger partial charge in [-0.1, -0.05) is 0 Å². The molecule has 0 aromatic rings. The Labute approximate surface area is 85.8 Å². The van der Waals surface area contributed by atoms with E-state index in [1.54, 1.807) is 0 Å². The van der Waals surface area contributed by atoms with Crippen molar-refractivity contribution in [1.82, 2.24) is 0 Å². The second kappa shape index (κ2) is 3.82. The van der Waals surface area contributed by atoms with Crippen LogP contribution in [0.2, 0.25) is 0 Å². The lowest BCUT2D eigenvalue weighted by molar-refractivity contribution is 0.255. The van der Waals surface area contributed by atoms with Gasteiger partial charge in [0, 0.05) is 0 Å². The summed E-state index contributed by atoms with van der Waals surface area (Å²) in [6, 6.07) is 0. The van der Waals surface area contributed by atoms with Crippen molar-refractivity contribution in [2.24, 2.45) is 23.0 Å². The first-order valence-electron chi connectivity index (χ1n) is 5.50. The molecule has 0 bridgehead atoms. The molecule has 0 aliphatic heterocycles. The Kier molecular flexibility index (Phi) is 2.89. The van der Waals surface area contributed by atoms with Gasteiger partial charge >= 0.3 is 0 Å². The number of hydrogen-bond acceptors (Lipinski definition) is 2. The zero-order chi connectivity index (χ0) is 9.31. The molecule has 76 valence electrons. The van der Waals surface area contributed by atoms with Gasteiger partial charge in [-0.05, 0) is 67.9 Å². The molecule has 2 aliphatic rings. The van der Waals surface area contributed by atoms with Crippen LogP contribution in [0, 0.1) is 17.3 Å². The summed E-state index contributed by atoms with van der Waals surface area (Å²) in [6.45, 7) is 0.938. The van der Waals surface area contributed by atoms with Crippen molar-refractivity contribution in [3.8, 4) is 0 Å². The first-order valence-corrected chi connectivity index (χ1v) is 6.89. The predicted octanol–water partition coefficient (Wildman–Crippen LogP) is 2.50. The van der Waals surface area contributed by atoms with Gasteiger partial charge in [0.1, 0.15) is 0 Å². The molecule has 2 rings (SSSR count). The number of nitrogens with two attached hydrogens (primary N) is 1. The third kappa shape index (κ3) is 1.89. The Morgan fingerprint density at radius 2 is 2.08 bits per heavy atom. The standard InChI is InChI=1S/C11H21NS/c1-13-8-9-2-4-11(5-3-9)6-10(11)7-12/h9-10H,2-8,12H2,1H3. The minimum absolute atomic E-state index is 0.740. The summed E-state index contributed by atoms with van der Waals surface area (Å²) >= 11 is 2.01. The minimum atomic E-state index is 0.740. The third-order valence-electron chi connectivity index (χ3n) is 4.15. The first kappa shape index (κ1) is 9.85. The molecule has 0 amide bonds. The van der Waals surface area contributed by atoms with E-state index in [9.17, 15) is 0 Å². The lowest BCUT2D eigenvalue weighted by Gasteiger charge is -2.29. The van der Waals surface area contributed by atoms with Crippen molar-refractivity contribution in [3.63, 3.8) is 0 Å². The molecule has 2 heteroatoms. The zero-order valence-corrected chi connectivity index (χ0v) is 9.41. The highest BCUT2D eigenvalue weighted by Crippen LogP contribution is 2.61. The van der Waals surface area contributed by atoms with E-state index in [2.05, 4.69) is 6.26 Å². The maximum atomic E-state index is 5.73. The van der Waals surface area contributed by atoms with Crippen LogP contribution in [0.25, 0.3) is 0 Å². The second-order valence-corrected chi connectivity index (χ2v) is 5.81. The summed E-state index contributed by atoms with van der Waals surface area (Å²) in [5.41, 5.74) is 6.47. The third-order valence-corrected chi connectivity index (χ3v) is 4.95. The van der Waals surface area contributed by atoms with Gasteiger partial charge in [-0.25, -0.2) is 0 Å². The molecular weight excluding hydrogens is 178 g/mol. The largest absolute Gasteiger partial charge is 0.330 e. The van der Waals surface area contributed by atoms with Crippen LogP contribution in [-0.2, 0) is 0 Å². The lowest BCUT2D eigenvalue weighted by atomic mass is 9.79. The van der Waals surface area contributed by atoms with Gasteiger partial charge in [0.2, 0.25) is 0 Å². The van der Waals surface area contributed by atoms with Gasteiger partial charge in [0.25, 0.3) is 0 Å². The topological polar surface area (TPSA) is 26.0 Å². The molecule has 2 fully saturated rings. The molecule has 1 atom stereocenters. The van der Waals surface area contributed by atoms with Gasteiger partial charge in [-0.3, -0.25) is 0 Å². The Morgan fingerprint density at radius 3 is 2.54 bits per heavy atom. The molecular formula is C11H21NS. The predicted molar refractivity (Wildman–Crippen MR) is 59.9 cm³/mol. The van der Waals surface area contributed by atoms with Gasteiger partial charge in [0.05, 0.1) is 0 Å². The fraction of sp³-hybridized carbons (Fsp3) is 1.00. The Bertz CT molecular complexity index is 173. The highest BCUT2D eigenvalue weighted by atomic mass is 32.2. The first-order chi connectivity index (χ1) is 6.30. The van der Waals surface area contributed by atoms with Crippen molar-refractivity contribution in [1.29, 1.82) is 0 Å². The fourth-order valence-electron chi connectivity index (χ4n) is 3.03. The summed E-state index contributed by atoms with van der Waals surface area (Å²) in [5.74, 6) is 3.28. The fourth-order valence-corrected chi connectivity index (χ4v) is 3.84. The molecule has 1 nitrogen and oxygen atoms in total. The average molecular weight is 199 g/mol. The molecule has 1 unspecified atom stereocenters. The van der Waals surface area contributed by atoms with E-state index in [1.165, 1.54) is 37.9 Å². The average Bonchev–Trinajstić information content (AvgIpc) is 2.84. The van der Waals surface area contributed by atoms with E-state index in [0.29, 0.717) is 0 Å². The van der Waals surface area contributed by atoms with E-state index in [-0.39, 0.29) is 0 Å². The summed E-state index contributed by atoms with van der Waals surface area (Å²) in [6.07, 6.45) is 9.55. The molecule has 1 spiro atoms. The van der Waals surface area contributed by atoms with E-state index in [0.717, 1.165) is 23.8 Å². The lowest BCUT2D eigenvalue weighted by Crippen LogP contribution is -2.20. The summed E-state index contributed by atoms with van der Waals surface area (Å²) in [5, 5.41) is 0. The smallest absolute Gasteiger partial charge is 0.00419 e. The van der Waals surface area contributed by atoms with Gasteiger partial charge in [-0.15, -0.1) is 0 Å². The van der Waals surface area contributed by atoms with Crippen molar-refractivity contribution in [3.05, 3.63) is 0 Å². The van der Waals surface area contributed by atoms with Gasteiger partial charge < -0.3 is 5.73 Å². The van der Waals surface area contributed by atoms with E-state index in [4.69, 9.17) is 5.73 Å². The molecule has 2 aliphatic carbocycles. The monoisotopic (exact) mass is 199 g/mol. The van der Waals surface area contributed by atoms with Crippen LogP contribution in [0.4, 0.5) is 0 Å². The van der Waals surface area contributed by atoms with Crippen molar-refractivity contribution < 1.29 is 0 Å². The highest BCUT2D eigenvalue weighted by molar-refractivity contribution is 7.98. The summed E-state index contributed by atoms with van der Waals surface area (Å²) < 4.78 is 0. The summed E-state index contributed by atoms with van der Waals surface area (Å²) in [4.78, 5) is 0. The van der Waals surface area contributed by atoms with Gasteiger partial charge in [0.15, 0.2) is 0 Å². The van der Waals surface area contributed by atoms with E-state index >= 15 is 0 Å². The van der Waals surface area contributed by atoms with Crippen LogP contribution in [-0.4, -0.2) is 18.6 Å². The van der Waals surface area contributed by atoms with Crippen LogP contribution in [0.3, 0.4) is 0 Å². The van der Waals surface area contributed by atoms with Crippen molar-refractivity contribution in [2.45, 2.75) is 32.1 Å². The molecule has 2 saturated carbocycles. The molecule has 0 aromatic heterocycles. The summed E-state index contributed by atoms with van der Waals surface area (Å²) in [7, 11) is 0. The normalized spacial score (nSPS) is 43.8. The van der Waals surface area contributed by atoms with Crippen LogP contribution >= 0.6 is 11.8 Å². The van der Waals surface area contributed by atoms with Crippen LogP contribution in [0.1, 0.15) is 32.1 Å². The Balaban J connectivity index is 1.77. The number of hydrogen-bond donors (Lipinski definition) is 1. The Hall–Kier alpha value is 0.310. The number of thioether (sulfide) groups is 1. The molecule has 0 heterocycles. The SMILES string of the molecule is CSCC1CCC2(CC1)CC2CN. The molecule has 13 heavy (non-hydrogen) atoms. The number of rotatable bonds is 3. The quantitative estimate of drug-likeness (QED) is 0.756. The van der Waals surface area contributed by atoms with Crippen LogP contribution in [0.15, 0.2) is 0 Å². The molecule has 2 N–H and O–H groups in total. The van der Waals surface area contributed by atoms with Gasteiger partial charge in [-0.2, -0.15) is 11.8 Å². The maximum Gasteiger partial charge on any atom is -0.00419 e. The zero-order valence-electron chi connectivity index (χ0n) is 8.59. The van der Waals surface area contributed by atoms with E-state index < -0.39 is 0 Å². The van der Waals surface area contributed by atoms with Crippen LogP contribution < -0.4 is 5.73 Å². The molecule has 0 aromatic carbocycles. The molecule has 0 saturated heterocycles. The minimum Gasteiger partial charge on any atom is -0.330 e. The van der Waals surface area contributed by atoms with E-state index in [1.807, 2.05) is 11.8 Å². The maximum absolute atomic E-state index is 5.73. The van der Waals surface area contributed by atoms with Crippen molar-refractivity contribution >= 4 is 11.8 Å². The Morgan fingerprint density at radius 1 is 1.38 bits per heavy atom. The molecule has 0 radical (unpaired) electrons. The van der Waals surface area contributed by atoms with Crippen molar-refractivity contribution in [2.75, 3.05) is 18.6 Å². The van der Waals surface area contributed by atoms with Crippen LogP contribution in [0.5, 0.6) is 0 Å². The highest BCUT2D eigenvalue weighted by Gasteiger charge is 2.53.